The van der Waals surface area contributed by atoms with E-state index in [1.807, 2.05) is 24.0 Å². The zero-order valence-electron chi connectivity index (χ0n) is 14.7. The second kappa shape index (κ2) is 7.25. The van der Waals surface area contributed by atoms with Gasteiger partial charge in [-0.2, -0.15) is 0 Å². The summed E-state index contributed by atoms with van der Waals surface area (Å²) in [5.41, 5.74) is 3.24. The van der Waals surface area contributed by atoms with Crippen LogP contribution in [0.4, 0.5) is 0 Å². The van der Waals surface area contributed by atoms with Crippen LogP contribution in [0.15, 0.2) is 53.4 Å². The number of benzene rings is 2. The fourth-order valence-corrected chi connectivity index (χ4v) is 3.89. The Bertz CT molecular complexity index is 961. The molecule has 0 N–H and O–H groups in total. The van der Waals surface area contributed by atoms with E-state index in [0.717, 1.165) is 23.1 Å². The average Bonchev–Trinajstić information content (AvgIpc) is 2.92. The first-order valence-corrected chi connectivity index (χ1v) is 10.7. The summed E-state index contributed by atoms with van der Waals surface area (Å²) in [5.74, 6) is -0.00337. The number of carbonyl (C=O) groups excluding carboxylic acids is 1. The van der Waals surface area contributed by atoms with Crippen LogP contribution in [0.25, 0.3) is 11.1 Å². The van der Waals surface area contributed by atoms with Gasteiger partial charge in [0.05, 0.1) is 10.5 Å². The van der Waals surface area contributed by atoms with Crippen molar-refractivity contribution in [3.05, 3.63) is 64.7 Å². The number of sulfone groups is 1. The average molecular weight is 390 g/mol. The molecule has 0 aliphatic carbocycles. The first-order chi connectivity index (χ1) is 12.3. The van der Waals surface area contributed by atoms with Gasteiger partial charge in [-0.15, -0.1) is 0 Å². The molecule has 3 rings (SSSR count). The molecule has 0 atom stereocenters. The Balaban J connectivity index is 2.09. The van der Waals surface area contributed by atoms with Gasteiger partial charge in [-0.05, 0) is 47.4 Å². The van der Waals surface area contributed by atoms with E-state index in [-0.39, 0.29) is 10.8 Å². The Kier molecular flexibility index (Phi) is 5.21. The third-order valence-electron chi connectivity index (χ3n) is 4.41. The maximum absolute atomic E-state index is 12.9. The van der Waals surface area contributed by atoms with Crippen molar-refractivity contribution in [2.24, 2.45) is 0 Å². The molecular weight excluding hydrogens is 370 g/mol. The molecule has 0 bridgehead atoms. The summed E-state index contributed by atoms with van der Waals surface area (Å²) >= 11 is 5.98. The monoisotopic (exact) mass is 389 g/mol. The maximum Gasteiger partial charge on any atom is 0.255 e. The summed E-state index contributed by atoms with van der Waals surface area (Å²) in [6, 6.07) is 13.9. The normalized spacial score (nSPS) is 15.0. The highest BCUT2D eigenvalue weighted by atomic mass is 35.5. The molecule has 1 aliphatic rings. The predicted molar refractivity (Wildman–Crippen MR) is 105 cm³/mol. The topological polar surface area (TPSA) is 54.5 Å². The molecule has 0 aromatic heterocycles. The van der Waals surface area contributed by atoms with Crippen LogP contribution >= 0.6 is 11.6 Å². The van der Waals surface area contributed by atoms with E-state index < -0.39 is 9.84 Å². The number of halogens is 1. The second-order valence-corrected chi connectivity index (χ2v) is 8.84. The molecule has 0 saturated carbocycles. The molecule has 1 heterocycles. The van der Waals surface area contributed by atoms with E-state index in [1.54, 1.807) is 36.4 Å². The fourth-order valence-electron chi connectivity index (χ4n) is 3.13. The van der Waals surface area contributed by atoms with Crippen LogP contribution in [0.5, 0.6) is 0 Å². The molecule has 0 radical (unpaired) electrons. The lowest BCUT2D eigenvalue weighted by molar-refractivity contribution is -0.123. The van der Waals surface area contributed by atoms with Crippen molar-refractivity contribution in [3.8, 4) is 0 Å². The third-order valence-corrected chi connectivity index (χ3v) is 5.79. The molecule has 136 valence electrons. The van der Waals surface area contributed by atoms with Crippen LogP contribution in [0.1, 0.15) is 24.5 Å². The smallest absolute Gasteiger partial charge is 0.255 e. The lowest BCUT2D eigenvalue weighted by atomic mass is 9.97. The zero-order valence-corrected chi connectivity index (χ0v) is 16.3. The molecule has 0 unspecified atom stereocenters. The number of hydrogen-bond donors (Lipinski definition) is 0. The van der Waals surface area contributed by atoms with Gasteiger partial charge in [0, 0.05) is 24.4 Å². The summed E-state index contributed by atoms with van der Waals surface area (Å²) in [6.07, 6.45) is 2.06. The molecule has 2 aromatic carbocycles. The van der Waals surface area contributed by atoms with Crippen LogP contribution in [-0.4, -0.2) is 38.6 Å². The highest BCUT2D eigenvalue weighted by molar-refractivity contribution is 7.90. The zero-order chi connectivity index (χ0) is 18.9. The molecule has 2 aromatic rings. The minimum absolute atomic E-state index is 0.00337. The first kappa shape index (κ1) is 18.7. The van der Waals surface area contributed by atoms with Crippen molar-refractivity contribution in [2.75, 3.05) is 19.3 Å². The fraction of sp³-hybridized carbons (Fsp3) is 0.250. The first-order valence-electron chi connectivity index (χ1n) is 8.40. The van der Waals surface area contributed by atoms with E-state index in [0.29, 0.717) is 23.7 Å². The minimum atomic E-state index is -3.25. The van der Waals surface area contributed by atoms with Gasteiger partial charge < -0.3 is 4.90 Å². The molecular formula is C20H20ClNO3S. The Hall–Kier alpha value is -2.11. The summed E-state index contributed by atoms with van der Waals surface area (Å²) < 4.78 is 23.4. The Morgan fingerprint density at radius 1 is 1.00 bits per heavy atom. The highest BCUT2D eigenvalue weighted by Gasteiger charge is 2.31. The van der Waals surface area contributed by atoms with Gasteiger partial charge >= 0.3 is 0 Å². The summed E-state index contributed by atoms with van der Waals surface area (Å²) in [4.78, 5) is 15.0. The summed E-state index contributed by atoms with van der Waals surface area (Å²) in [6.45, 7) is 3.23. The predicted octanol–water partition coefficient (Wildman–Crippen LogP) is 3.91. The number of hydrogen-bond acceptors (Lipinski definition) is 3. The van der Waals surface area contributed by atoms with Gasteiger partial charge in [0.15, 0.2) is 9.84 Å². The highest BCUT2D eigenvalue weighted by Crippen LogP contribution is 2.35. The van der Waals surface area contributed by atoms with Crippen molar-refractivity contribution >= 4 is 38.5 Å². The van der Waals surface area contributed by atoms with Crippen molar-refractivity contribution in [1.29, 1.82) is 0 Å². The molecule has 1 aliphatic heterocycles. The second-order valence-electron chi connectivity index (χ2n) is 6.38. The van der Waals surface area contributed by atoms with Gasteiger partial charge in [-0.3, -0.25) is 4.79 Å². The van der Waals surface area contributed by atoms with Gasteiger partial charge in [0.25, 0.3) is 5.91 Å². The van der Waals surface area contributed by atoms with E-state index in [4.69, 9.17) is 11.6 Å². The standard InChI is InChI=1S/C20H20ClNO3S/c1-3-12-22-13-18(14-6-10-17(11-7-14)26(2,24)25)19(20(22)23)15-4-8-16(21)9-5-15/h4-11H,3,12-13H2,1-2H3. The molecule has 1 amide bonds. The SMILES string of the molecule is CCCN1CC(c2ccc(S(C)(=O)=O)cc2)=C(c2ccc(Cl)cc2)C1=O. The van der Waals surface area contributed by atoms with Crippen LogP contribution in [-0.2, 0) is 14.6 Å². The lowest BCUT2D eigenvalue weighted by Gasteiger charge is -2.15. The largest absolute Gasteiger partial charge is 0.334 e. The molecule has 0 fully saturated rings. The van der Waals surface area contributed by atoms with Crippen molar-refractivity contribution in [3.63, 3.8) is 0 Å². The molecule has 0 saturated heterocycles. The van der Waals surface area contributed by atoms with E-state index in [2.05, 4.69) is 0 Å². The number of carbonyl (C=O) groups is 1. The van der Waals surface area contributed by atoms with Crippen LogP contribution in [0.3, 0.4) is 0 Å². The number of amides is 1. The van der Waals surface area contributed by atoms with E-state index in [9.17, 15) is 13.2 Å². The Morgan fingerprint density at radius 2 is 1.58 bits per heavy atom. The van der Waals surface area contributed by atoms with Crippen molar-refractivity contribution in [2.45, 2.75) is 18.2 Å². The van der Waals surface area contributed by atoms with Crippen LogP contribution in [0, 0.1) is 0 Å². The third kappa shape index (κ3) is 3.69. The van der Waals surface area contributed by atoms with Crippen LogP contribution in [0.2, 0.25) is 5.02 Å². The quantitative estimate of drug-likeness (QED) is 0.779. The molecule has 4 nitrogen and oxygen atoms in total. The summed E-state index contributed by atoms with van der Waals surface area (Å²) in [7, 11) is -3.25. The van der Waals surface area contributed by atoms with E-state index in [1.165, 1.54) is 6.26 Å². The Labute approximate surface area is 159 Å². The van der Waals surface area contributed by atoms with Crippen molar-refractivity contribution in [1.82, 2.24) is 4.90 Å². The summed E-state index contributed by atoms with van der Waals surface area (Å²) in [5, 5.41) is 0.615. The van der Waals surface area contributed by atoms with Gasteiger partial charge in [-0.25, -0.2) is 8.42 Å². The van der Waals surface area contributed by atoms with Gasteiger partial charge in [0.2, 0.25) is 0 Å². The molecule has 6 heteroatoms. The number of rotatable bonds is 5. The molecule has 0 spiro atoms. The van der Waals surface area contributed by atoms with Gasteiger partial charge in [-0.1, -0.05) is 42.8 Å². The minimum Gasteiger partial charge on any atom is -0.334 e. The molecule has 26 heavy (non-hydrogen) atoms. The van der Waals surface area contributed by atoms with E-state index >= 15 is 0 Å². The lowest BCUT2D eigenvalue weighted by Crippen LogP contribution is -2.27. The Morgan fingerprint density at radius 3 is 2.12 bits per heavy atom. The number of nitrogens with zero attached hydrogens (tertiary/aromatic N) is 1. The van der Waals surface area contributed by atoms with Crippen molar-refractivity contribution < 1.29 is 13.2 Å². The van der Waals surface area contributed by atoms with Crippen LogP contribution < -0.4 is 0 Å². The maximum atomic E-state index is 12.9. The van der Waals surface area contributed by atoms with Gasteiger partial charge in [0.1, 0.15) is 0 Å².